The Hall–Kier alpha value is -2.09. The van der Waals surface area contributed by atoms with Gasteiger partial charge in [0.05, 0.1) is 18.0 Å². The summed E-state index contributed by atoms with van der Waals surface area (Å²) < 4.78 is 1.68. The highest BCUT2D eigenvalue weighted by molar-refractivity contribution is 5.92. The molecule has 1 aromatic heterocycles. The first-order chi connectivity index (χ1) is 9.38. The molecule has 0 aliphatic carbocycles. The van der Waals surface area contributed by atoms with E-state index in [4.69, 9.17) is 5.11 Å². The Morgan fingerprint density at radius 1 is 1.50 bits per heavy atom. The predicted molar refractivity (Wildman–Crippen MR) is 70.4 cm³/mol. The topological polar surface area (TPSA) is 108 Å². The molecule has 1 aromatic rings. The van der Waals surface area contributed by atoms with E-state index >= 15 is 0 Å². The molecule has 8 nitrogen and oxygen atoms in total. The Balaban J connectivity index is 2.05. The van der Waals surface area contributed by atoms with Crippen LogP contribution in [0.5, 0.6) is 0 Å². The third kappa shape index (κ3) is 2.90. The molecule has 1 saturated heterocycles. The Morgan fingerprint density at radius 3 is 2.75 bits per heavy atom. The number of anilines is 1. The fourth-order valence-electron chi connectivity index (χ4n) is 2.15. The van der Waals surface area contributed by atoms with Crippen LogP contribution in [0, 0.1) is 0 Å². The van der Waals surface area contributed by atoms with Crippen molar-refractivity contribution in [3.05, 3.63) is 12.4 Å². The van der Waals surface area contributed by atoms with Crippen molar-refractivity contribution >= 4 is 17.7 Å². The number of carbonyl (C=O) groups is 2. The number of carboxylic acids is 1. The number of aromatic nitrogens is 2. The van der Waals surface area contributed by atoms with Gasteiger partial charge in [0.2, 0.25) is 0 Å². The molecule has 2 atom stereocenters. The normalized spacial score (nSPS) is 22.3. The van der Waals surface area contributed by atoms with Crippen molar-refractivity contribution in [2.45, 2.75) is 38.5 Å². The molecule has 1 aliphatic rings. The number of nitrogens with zero attached hydrogens (tertiary/aromatic N) is 3. The van der Waals surface area contributed by atoms with E-state index in [1.807, 2.05) is 13.8 Å². The fraction of sp³-hybridized carbons (Fsp3) is 0.583. The molecule has 0 saturated carbocycles. The van der Waals surface area contributed by atoms with E-state index in [2.05, 4.69) is 10.4 Å². The maximum Gasteiger partial charge on any atom is 0.326 e. The summed E-state index contributed by atoms with van der Waals surface area (Å²) in [6.45, 7) is 3.92. The van der Waals surface area contributed by atoms with Gasteiger partial charge in [-0.3, -0.25) is 4.68 Å². The molecule has 1 fully saturated rings. The van der Waals surface area contributed by atoms with E-state index in [9.17, 15) is 14.7 Å². The lowest BCUT2D eigenvalue weighted by Gasteiger charge is -2.20. The second-order valence-corrected chi connectivity index (χ2v) is 5.13. The second-order valence-electron chi connectivity index (χ2n) is 5.13. The van der Waals surface area contributed by atoms with Crippen molar-refractivity contribution in [2.75, 3.05) is 11.9 Å². The number of rotatable bonds is 3. The Bertz CT molecular complexity index is 513. The number of aliphatic carboxylic acids is 1. The van der Waals surface area contributed by atoms with Gasteiger partial charge >= 0.3 is 12.0 Å². The molecule has 0 spiro atoms. The van der Waals surface area contributed by atoms with Crippen LogP contribution in [0.1, 0.15) is 26.3 Å². The van der Waals surface area contributed by atoms with Crippen molar-refractivity contribution in [1.29, 1.82) is 0 Å². The number of likely N-dealkylation sites (tertiary alicyclic amines) is 1. The third-order valence-electron chi connectivity index (χ3n) is 3.21. The minimum atomic E-state index is -1.12. The van der Waals surface area contributed by atoms with Crippen molar-refractivity contribution in [1.82, 2.24) is 14.7 Å². The first-order valence-electron chi connectivity index (χ1n) is 6.41. The fourth-order valence-corrected chi connectivity index (χ4v) is 2.15. The molecule has 20 heavy (non-hydrogen) atoms. The molecule has 110 valence electrons. The third-order valence-corrected chi connectivity index (χ3v) is 3.21. The average molecular weight is 282 g/mol. The summed E-state index contributed by atoms with van der Waals surface area (Å²) in [5.74, 6) is -1.12. The smallest absolute Gasteiger partial charge is 0.326 e. The number of urea groups is 1. The van der Waals surface area contributed by atoms with E-state index in [-0.39, 0.29) is 19.0 Å². The number of aliphatic hydroxyl groups is 1. The van der Waals surface area contributed by atoms with E-state index in [0.29, 0.717) is 5.69 Å². The first-order valence-corrected chi connectivity index (χ1v) is 6.41. The molecule has 2 heterocycles. The van der Waals surface area contributed by atoms with Crippen LogP contribution in [0.15, 0.2) is 12.4 Å². The summed E-state index contributed by atoms with van der Waals surface area (Å²) >= 11 is 0. The van der Waals surface area contributed by atoms with Gasteiger partial charge in [0.15, 0.2) is 0 Å². The van der Waals surface area contributed by atoms with E-state index in [0.717, 1.165) is 4.90 Å². The molecule has 3 N–H and O–H groups in total. The number of β-amino-alcohol motifs (C(OH)–C–C–N with tert-alkyl or cyclic N) is 1. The molecule has 8 heteroatoms. The number of aliphatic hydroxyl groups excluding tert-OH is 1. The highest BCUT2D eigenvalue weighted by Gasteiger charge is 2.39. The van der Waals surface area contributed by atoms with Crippen molar-refractivity contribution in [3.63, 3.8) is 0 Å². The van der Waals surface area contributed by atoms with Crippen LogP contribution in [0.4, 0.5) is 10.5 Å². The number of hydrogen-bond acceptors (Lipinski definition) is 4. The van der Waals surface area contributed by atoms with Crippen LogP contribution in [-0.4, -0.2) is 55.6 Å². The maximum atomic E-state index is 12.1. The summed E-state index contributed by atoms with van der Waals surface area (Å²) in [4.78, 5) is 24.2. The Labute approximate surface area is 116 Å². The van der Waals surface area contributed by atoms with Gasteiger partial charge < -0.3 is 20.4 Å². The maximum absolute atomic E-state index is 12.1. The zero-order valence-electron chi connectivity index (χ0n) is 11.4. The molecule has 1 aliphatic heterocycles. The summed E-state index contributed by atoms with van der Waals surface area (Å²) in [6, 6.07) is -1.37. The average Bonchev–Trinajstić information content (AvgIpc) is 2.95. The van der Waals surface area contributed by atoms with Crippen LogP contribution in [0.2, 0.25) is 0 Å². The zero-order chi connectivity index (χ0) is 14.9. The Kier molecular flexibility index (Phi) is 3.93. The lowest BCUT2D eigenvalue weighted by molar-refractivity contribution is -0.141. The number of amides is 2. The summed E-state index contributed by atoms with van der Waals surface area (Å²) in [5, 5.41) is 25.2. The number of nitrogens with one attached hydrogen (secondary N) is 1. The first kappa shape index (κ1) is 14.3. The summed E-state index contributed by atoms with van der Waals surface area (Å²) in [7, 11) is 0. The molecule has 0 bridgehead atoms. The molecule has 2 rings (SSSR count). The highest BCUT2D eigenvalue weighted by Crippen LogP contribution is 2.20. The monoisotopic (exact) mass is 282 g/mol. The number of carboxylic acid groups (broad SMARTS) is 1. The van der Waals surface area contributed by atoms with Crippen LogP contribution >= 0.6 is 0 Å². The minimum Gasteiger partial charge on any atom is -0.480 e. The summed E-state index contributed by atoms with van der Waals surface area (Å²) in [5.41, 5.74) is 0.495. The van der Waals surface area contributed by atoms with Gasteiger partial charge in [-0.15, -0.1) is 0 Å². The van der Waals surface area contributed by atoms with Gasteiger partial charge in [-0.05, 0) is 13.8 Å². The van der Waals surface area contributed by atoms with Gasteiger partial charge in [-0.2, -0.15) is 5.10 Å². The zero-order valence-corrected chi connectivity index (χ0v) is 11.4. The molecule has 0 aromatic carbocycles. The quantitative estimate of drug-likeness (QED) is 0.749. The van der Waals surface area contributed by atoms with Crippen LogP contribution < -0.4 is 5.32 Å². The lowest BCUT2D eigenvalue weighted by Crippen LogP contribution is -2.43. The number of hydrogen-bond donors (Lipinski definition) is 3. The van der Waals surface area contributed by atoms with E-state index in [1.165, 1.54) is 6.20 Å². The minimum absolute atomic E-state index is 0.0150. The second kappa shape index (κ2) is 5.49. The van der Waals surface area contributed by atoms with Gasteiger partial charge in [0.1, 0.15) is 6.04 Å². The van der Waals surface area contributed by atoms with Crippen molar-refractivity contribution < 1.29 is 19.8 Å². The summed E-state index contributed by atoms with van der Waals surface area (Å²) in [6.07, 6.45) is 2.42. The van der Waals surface area contributed by atoms with E-state index in [1.54, 1.807) is 10.9 Å². The highest BCUT2D eigenvalue weighted by atomic mass is 16.4. The van der Waals surface area contributed by atoms with Gasteiger partial charge in [-0.25, -0.2) is 9.59 Å². The van der Waals surface area contributed by atoms with Gasteiger partial charge in [-0.1, -0.05) is 0 Å². The Morgan fingerprint density at radius 2 is 2.20 bits per heavy atom. The molecule has 2 unspecified atom stereocenters. The van der Waals surface area contributed by atoms with E-state index < -0.39 is 24.1 Å². The molecule has 2 amide bonds. The van der Waals surface area contributed by atoms with Crippen LogP contribution in [0.25, 0.3) is 0 Å². The van der Waals surface area contributed by atoms with Crippen molar-refractivity contribution in [3.8, 4) is 0 Å². The lowest BCUT2D eigenvalue weighted by atomic mass is 10.2. The van der Waals surface area contributed by atoms with Crippen molar-refractivity contribution in [2.24, 2.45) is 0 Å². The van der Waals surface area contributed by atoms with Gasteiger partial charge in [0.25, 0.3) is 0 Å². The molecular weight excluding hydrogens is 264 g/mol. The predicted octanol–water partition coefficient (Wildman–Crippen LogP) is 0.516. The molecule has 0 radical (unpaired) electrons. The SMILES string of the molecule is CC(C)n1cc(NC(=O)N2CC(O)CC2C(=O)O)cn1. The van der Waals surface area contributed by atoms with Crippen LogP contribution in [-0.2, 0) is 4.79 Å². The standard InChI is InChI=1S/C12H18N4O4/c1-7(2)16-5-8(4-13-16)14-12(20)15-6-9(17)3-10(15)11(18)19/h4-5,7,9-10,17H,3,6H2,1-2H3,(H,14,20)(H,18,19). The number of carbonyl (C=O) groups excluding carboxylic acids is 1. The van der Waals surface area contributed by atoms with Crippen LogP contribution in [0.3, 0.4) is 0 Å². The van der Waals surface area contributed by atoms with Gasteiger partial charge in [0, 0.05) is 25.2 Å². The largest absolute Gasteiger partial charge is 0.480 e. The molecular formula is C12H18N4O4.